The third kappa shape index (κ3) is 8.05. The van der Waals surface area contributed by atoms with Crippen LogP contribution in [0, 0.1) is 5.41 Å². The van der Waals surface area contributed by atoms with Crippen molar-refractivity contribution in [2.24, 2.45) is 5.41 Å². The van der Waals surface area contributed by atoms with Gasteiger partial charge in [-0.05, 0) is 85.6 Å². The zero-order chi connectivity index (χ0) is 31.2. The first-order valence-corrected chi connectivity index (χ1v) is 14.2. The Hall–Kier alpha value is -4.55. The summed E-state index contributed by atoms with van der Waals surface area (Å²) in [6.45, 7) is 9.78. The largest absolute Gasteiger partial charge is 0.489 e. The maximum absolute atomic E-state index is 13.1. The van der Waals surface area contributed by atoms with Gasteiger partial charge in [-0.25, -0.2) is 0 Å². The van der Waals surface area contributed by atoms with Gasteiger partial charge >= 0.3 is 0 Å². The second-order valence-electron chi connectivity index (χ2n) is 12.0. The predicted molar refractivity (Wildman–Crippen MR) is 167 cm³/mol. The van der Waals surface area contributed by atoms with Gasteiger partial charge in [0.05, 0.1) is 0 Å². The Morgan fingerprint density at radius 1 is 0.558 bits per heavy atom. The second kappa shape index (κ2) is 13.2. The van der Waals surface area contributed by atoms with E-state index in [4.69, 9.17) is 14.2 Å². The summed E-state index contributed by atoms with van der Waals surface area (Å²) in [4.78, 5) is 38.4. The molecule has 4 rings (SSSR count). The summed E-state index contributed by atoms with van der Waals surface area (Å²) in [5, 5.41) is 0. The Morgan fingerprint density at radius 3 is 1.37 bits per heavy atom. The van der Waals surface area contributed by atoms with E-state index in [1.807, 2.05) is 57.2 Å². The van der Waals surface area contributed by atoms with Crippen LogP contribution in [0.1, 0.15) is 82.4 Å². The van der Waals surface area contributed by atoms with Crippen LogP contribution in [0.3, 0.4) is 0 Å². The van der Waals surface area contributed by atoms with Gasteiger partial charge in [0, 0.05) is 34.8 Å². The molecule has 0 saturated carbocycles. The van der Waals surface area contributed by atoms with E-state index in [0.29, 0.717) is 40.4 Å². The molecule has 6 heteroatoms. The summed E-state index contributed by atoms with van der Waals surface area (Å²) in [5.74, 6) is 1.12. The van der Waals surface area contributed by atoms with Crippen molar-refractivity contribution in [3.63, 3.8) is 0 Å². The fraction of sp³-hybridized carbons (Fsp3) is 0.270. The first-order chi connectivity index (χ1) is 20.4. The summed E-state index contributed by atoms with van der Waals surface area (Å²) < 4.78 is 17.1. The highest BCUT2D eigenvalue weighted by Crippen LogP contribution is 2.23. The number of rotatable bonds is 12. The lowest BCUT2D eigenvalue weighted by atomic mass is 9.86. The molecule has 0 bridgehead atoms. The first kappa shape index (κ1) is 31.4. The van der Waals surface area contributed by atoms with E-state index in [-0.39, 0.29) is 24.0 Å². The fourth-order valence-electron chi connectivity index (χ4n) is 4.38. The van der Waals surface area contributed by atoms with Crippen molar-refractivity contribution in [3.05, 3.63) is 130 Å². The molecule has 222 valence electrons. The Bertz CT molecular complexity index is 1590. The molecule has 0 atom stereocenters. The van der Waals surface area contributed by atoms with Crippen LogP contribution in [0.4, 0.5) is 0 Å². The summed E-state index contributed by atoms with van der Waals surface area (Å²) in [7, 11) is 1.52. The molecule has 0 spiro atoms. The van der Waals surface area contributed by atoms with Crippen molar-refractivity contribution in [2.45, 2.75) is 53.4 Å². The molecule has 0 unspecified atom stereocenters. The third-order valence-corrected chi connectivity index (χ3v) is 7.16. The SMILES string of the molecule is COC(C)(C)C(=O)c1cccc(COc2ccc(C(=O)c3ccc(OCc4cccc(C(=O)C(C)(C)C)c4)cc3)cc2)c1. The minimum absolute atomic E-state index is 0.0854. The van der Waals surface area contributed by atoms with E-state index in [2.05, 4.69) is 0 Å². The number of ether oxygens (including phenoxy) is 3. The van der Waals surface area contributed by atoms with Gasteiger partial charge in [-0.15, -0.1) is 0 Å². The summed E-state index contributed by atoms with van der Waals surface area (Å²) in [6.07, 6.45) is 0. The topological polar surface area (TPSA) is 78.9 Å². The van der Waals surface area contributed by atoms with Crippen LogP contribution in [0.2, 0.25) is 0 Å². The number of carbonyl (C=O) groups excluding carboxylic acids is 3. The van der Waals surface area contributed by atoms with E-state index in [1.165, 1.54) is 7.11 Å². The molecule has 0 saturated heterocycles. The number of Topliss-reactive ketones (excluding diaryl/α,β-unsaturated/α-hetero) is 2. The average molecular weight is 579 g/mol. The Balaban J connectivity index is 1.33. The van der Waals surface area contributed by atoms with Gasteiger partial charge in [0.2, 0.25) is 0 Å². The highest BCUT2D eigenvalue weighted by atomic mass is 16.5. The number of methoxy groups -OCH3 is 1. The maximum atomic E-state index is 13.1. The molecule has 0 aliphatic carbocycles. The van der Waals surface area contributed by atoms with E-state index in [9.17, 15) is 14.4 Å². The minimum atomic E-state index is -0.906. The van der Waals surface area contributed by atoms with Crippen molar-refractivity contribution >= 4 is 17.3 Å². The van der Waals surface area contributed by atoms with Gasteiger partial charge in [0.25, 0.3) is 0 Å². The van der Waals surface area contributed by atoms with Crippen LogP contribution in [0.5, 0.6) is 11.5 Å². The van der Waals surface area contributed by atoms with Crippen LogP contribution in [0.15, 0.2) is 97.1 Å². The molecule has 43 heavy (non-hydrogen) atoms. The molecule has 6 nitrogen and oxygen atoms in total. The molecule has 0 radical (unpaired) electrons. The van der Waals surface area contributed by atoms with Crippen LogP contribution >= 0.6 is 0 Å². The summed E-state index contributed by atoms with van der Waals surface area (Å²) in [6, 6.07) is 28.7. The number of hydrogen-bond donors (Lipinski definition) is 0. The molecule has 0 aliphatic heterocycles. The minimum Gasteiger partial charge on any atom is -0.489 e. The number of benzene rings is 4. The molecule has 0 amide bonds. The summed E-state index contributed by atoms with van der Waals surface area (Å²) >= 11 is 0. The van der Waals surface area contributed by atoms with Crippen molar-refractivity contribution in [2.75, 3.05) is 7.11 Å². The number of ketones is 3. The zero-order valence-electron chi connectivity index (χ0n) is 25.6. The maximum Gasteiger partial charge on any atom is 0.194 e. The molecular weight excluding hydrogens is 540 g/mol. The van der Waals surface area contributed by atoms with E-state index >= 15 is 0 Å². The van der Waals surface area contributed by atoms with Gasteiger partial charge in [-0.3, -0.25) is 14.4 Å². The van der Waals surface area contributed by atoms with Crippen LogP contribution < -0.4 is 9.47 Å². The molecular formula is C37H38O6. The normalized spacial score (nSPS) is 11.6. The van der Waals surface area contributed by atoms with Crippen molar-refractivity contribution in [1.29, 1.82) is 0 Å². The van der Waals surface area contributed by atoms with Crippen molar-refractivity contribution in [1.82, 2.24) is 0 Å². The average Bonchev–Trinajstić information content (AvgIpc) is 3.02. The van der Waals surface area contributed by atoms with Crippen molar-refractivity contribution in [3.8, 4) is 11.5 Å². The Kier molecular flexibility index (Phi) is 9.62. The van der Waals surface area contributed by atoms with Gasteiger partial charge in [-0.1, -0.05) is 57.2 Å². The van der Waals surface area contributed by atoms with Crippen molar-refractivity contribution < 1.29 is 28.6 Å². The van der Waals surface area contributed by atoms with Gasteiger partial charge in [0.15, 0.2) is 17.3 Å². The lowest BCUT2D eigenvalue weighted by molar-refractivity contribution is 0.0228. The molecule has 0 aliphatic rings. The van der Waals surface area contributed by atoms with E-state index in [0.717, 1.165) is 11.1 Å². The first-order valence-electron chi connectivity index (χ1n) is 14.2. The van der Waals surface area contributed by atoms with Gasteiger partial charge < -0.3 is 14.2 Å². The molecule has 0 heterocycles. The van der Waals surface area contributed by atoms with Gasteiger partial charge in [0.1, 0.15) is 30.3 Å². The lowest BCUT2D eigenvalue weighted by Gasteiger charge is -2.21. The molecule has 4 aromatic rings. The van der Waals surface area contributed by atoms with Crippen LogP contribution in [0.25, 0.3) is 0 Å². The van der Waals surface area contributed by atoms with Gasteiger partial charge in [-0.2, -0.15) is 0 Å². The van der Waals surface area contributed by atoms with E-state index in [1.54, 1.807) is 74.5 Å². The molecule has 0 fully saturated rings. The molecule has 4 aromatic carbocycles. The zero-order valence-corrected chi connectivity index (χ0v) is 25.6. The second-order valence-corrected chi connectivity index (χ2v) is 12.0. The number of hydrogen-bond acceptors (Lipinski definition) is 6. The van der Waals surface area contributed by atoms with E-state index < -0.39 is 11.0 Å². The standard InChI is InChI=1S/C37H38O6/c1-36(2,3)34(39)29-11-7-9-25(21-29)23-42-31-17-13-27(14-18-31)33(38)28-15-19-32(20-16-28)43-24-26-10-8-12-30(22-26)35(40)37(4,5)41-6/h7-22H,23-24H2,1-6H3. The summed E-state index contributed by atoms with van der Waals surface area (Å²) in [5.41, 5.74) is 2.70. The fourth-order valence-corrected chi connectivity index (χ4v) is 4.38. The quantitative estimate of drug-likeness (QED) is 0.159. The van der Waals surface area contributed by atoms with Crippen LogP contribution in [-0.2, 0) is 18.0 Å². The Labute approximate surface area is 253 Å². The Morgan fingerprint density at radius 2 is 0.977 bits per heavy atom. The molecule has 0 N–H and O–H groups in total. The predicted octanol–water partition coefficient (Wildman–Crippen LogP) is 7.91. The highest BCUT2D eigenvalue weighted by Gasteiger charge is 2.28. The van der Waals surface area contributed by atoms with Crippen LogP contribution in [-0.4, -0.2) is 30.1 Å². The third-order valence-electron chi connectivity index (χ3n) is 7.16. The number of carbonyl (C=O) groups is 3. The highest BCUT2D eigenvalue weighted by molar-refractivity contribution is 6.09. The smallest absolute Gasteiger partial charge is 0.194 e. The monoisotopic (exact) mass is 578 g/mol. The lowest BCUT2D eigenvalue weighted by Crippen LogP contribution is -2.33. The molecule has 0 aromatic heterocycles.